The van der Waals surface area contributed by atoms with E-state index in [0.717, 1.165) is 28.2 Å². The van der Waals surface area contributed by atoms with E-state index in [2.05, 4.69) is 31.2 Å². The highest BCUT2D eigenvalue weighted by Gasteiger charge is 2.10. The van der Waals surface area contributed by atoms with E-state index in [1.165, 1.54) is 5.56 Å². The molecule has 128 valence electrons. The molecule has 0 spiro atoms. The Kier molecular flexibility index (Phi) is 5.36. The largest absolute Gasteiger partial charge is 0.497 e. The minimum absolute atomic E-state index is 0.528. The number of aliphatic hydroxyl groups is 1. The molecule has 0 fully saturated rings. The number of methoxy groups -OCH3 is 1. The van der Waals surface area contributed by atoms with Crippen LogP contribution in [0.15, 0.2) is 72.8 Å². The van der Waals surface area contributed by atoms with E-state index in [9.17, 15) is 5.11 Å². The van der Waals surface area contributed by atoms with Gasteiger partial charge >= 0.3 is 0 Å². The maximum absolute atomic E-state index is 10.5. The van der Waals surface area contributed by atoms with Gasteiger partial charge in [0.25, 0.3) is 0 Å². The number of rotatable bonds is 6. The molecule has 1 N–H and O–H groups in total. The van der Waals surface area contributed by atoms with Crippen LogP contribution < -0.4 is 9.47 Å². The zero-order valence-corrected chi connectivity index (χ0v) is 14.5. The molecule has 0 amide bonds. The fourth-order valence-electron chi connectivity index (χ4n) is 2.58. The van der Waals surface area contributed by atoms with E-state index in [-0.39, 0.29) is 0 Å². The maximum atomic E-state index is 10.5. The molecule has 0 bridgehead atoms. The first kappa shape index (κ1) is 17.1. The predicted molar refractivity (Wildman–Crippen MR) is 99.0 cm³/mol. The van der Waals surface area contributed by atoms with Crippen LogP contribution in [0.3, 0.4) is 0 Å². The lowest BCUT2D eigenvalue weighted by atomic mass is 10.0. The van der Waals surface area contributed by atoms with Crippen molar-refractivity contribution in [1.82, 2.24) is 0 Å². The summed E-state index contributed by atoms with van der Waals surface area (Å²) in [6.45, 7) is 2.60. The minimum Gasteiger partial charge on any atom is -0.497 e. The number of hydrogen-bond donors (Lipinski definition) is 1. The van der Waals surface area contributed by atoms with Gasteiger partial charge in [-0.1, -0.05) is 54.1 Å². The molecule has 3 aromatic carbocycles. The molecule has 0 aliphatic rings. The van der Waals surface area contributed by atoms with Gasteiger partial charge in [-0.05, 0) is 47.9 Å². The van der Waals surface area contributed by atoms with Crippen molar-refractivity contribution in [2.45, 2.75) is 19.6 Å². The van der Waals surface area contributed by atoms with E-state index >= 15 is 0 Å². The van der Waals surface area contributed by atoms with Crippen molar-refractivity contribution in [3.05, 3.63) is 95.1 Å². The number of ether oxygens (including phenoxy) is 2. The monoisotopic (exact) mass is 334 g/mol. The Labute approximate surface area is 148 Å². The quantitative estimate of drug-likeness (QED) is 0.712. The van der Waals surface area contributed by atoms with E-state index in [1.807, 2.05) is 48.5 Å². The second-order valence-electron chi connectivity index (χ2n) is 6.02. The molecule has 3 heteroatoms. The molecule has 3 rings (SSSR count). The average Bonchev–Trinajstić information content (AvgIpc) is 2.67. The van der Waals surface area contributed by atoms with Crippen molar-refractivity contribution in [2.24, 2.45) is 0 Å². The van der Waals surface area contributed by atoms with E-state index in [1.54, 1.807) is 7.11 Å². The van der Waals surface area contributed by atoms with Crippen molar-refractivity contribution in [3.8, 4) is 11.5 Å². The van der Waals surface area contributed by atoms with Crippen molar-refractivity contribution in [1.29, 1.82) is 0 Å². The summed E-state index contributed by atoms with van der Waals surface area (Å²) >= 11 is 0. The summed E-state index contributed by atoms with van der Waals surface area (Å²) in [6.07, 6.45) is -0.669. The lowest BCUT2D eigenvalue weighted by molar-refractivity contribution is 0.220. The van der Waals surface area contributed by atoms with Crippen LogP contribution in [0.25, 0.3) is 0 Å². The smallest absolute Gasteiger partial charge is 0.119 e. The summed E-state index contributed by atoms with van der Waals surface area (Å²) in [6, 6.07) is 23.3. The second kappa shape index (κ2) is 7.86. The van der Waals surface area contributed by atoms with Crippen LogP contribution in [0.5, 0.6) is 11.5 Å². The maximum Gasteiger partial charge on any atom is 0.119 e. The molecule has 0 aliphatic heterocycles. The van der Waals surface area contributed by atoms with Gasteiger partial charge in [0.05, 0.1) is 7.11 Å². The highest BCUT2D eigenvalue weighted by Crippen LogP contribution is 2.25. The first-order valence-electron chi connectivity index (χ1n) is 8.26. The van der Waals surface area contributed by atoms with E-state index < -0.39 is 6.10 Å². The highest BCUT2D eigenvalue weighted by atomic mass is 16.5. The molecule has 1 atom stereocenters. The van der Waals surface area contributed by atoms with Gasteiger partial charge in [-0.2, -0.15) is 0 Å². The van der Waals surface area contributed by atoms with Gasteiger partial charge in [0.1, 0.15) is 24.2 Å². The molecule has 0 saturated carbocycles. The zero-order valence-electron chi connectivity index (χ0n) is 14.5. The van der Waals surface area contributed by atoms with Crippen LogP contribution in [0.2, 0.25) is 0 Å². The van der Waals surface area contributed by atoms with Gasteiger partial charge in [-0.3, -0.25) is 0 Å². The van der Waals surface area contributed by atoms with Crippen molar-refractivity contribution < 1.29 is 14.6 Å². The Morgan fingerprint density at radius 3 is 1.80 bits per heavy atom. The Morgan fingerprint density at radius 1 is 0.760 bits per heavy atom. The lowest BCUT2D eigenvalue weighted by Gasteiger charge is -2.13. The van der Waals surface area contributed by atoms with E-state index in [0.29, 0.717) is 6.61 Å². The molecule has 0 aliphatic carbocycles. The van der Waals surface area contributed by atoms with Crippen LogP contribution in [0.1, 0.15) is 28.4 Å². The summed E-state index contributed by atoms with van der Waals surface area (Å²) in [5.41, 5.74) is 4.02. The summed E-state index contributed by atoms with van der Waals surface area (Å²) in [5.74, 6) is 1.56. The molecule has 3 aromatic rings. The third-order valence-electron chi connectivity index (χ3n) is 4.15. The number of aliphatic hydroxyl groups excluding tert-OH is 1. The first-order chi connectivity index (χ1) is 12.2. The third-order valence-corrected chi connectivity index (χ3v) is 4.15. The fraction of sp³-hybridized carbons (Fsp3) is 0.182. The Hall–Kier alpha value is -2.78. The summed E-state index contributed by atoms with van der Waals surface area (Å²) in [7, 11) is 1.63. The molecule has 0 radical (unpaired) electrons. The minimum atomic E-state index is -0.669. The molecule has 0 saturated heterocycles. The predicted octanol–water partition coefficient (Wildman–Crippen LogP) is 4.66. The number of hydrogen-bond acceptors (Lipinski definition) is 3. The molecular weight excluding hydrogens is 312 g/mol. The Bertz CT molecular complexity index is 790. The van der Waals surface area contributed by atoms with Crippen LogP contribution in [0.4, 0.5) is 0 Å². The van der Waals surface area contributed by atoms with Gasteiger partial charge < -0.3 is 14.6 Å². The number of benzene rings is 3. The van der Waals surface area contributed by atoms with Gasteiger partial charge in [-0.15, -0.1) is 0 Å². The highest BCUT2D eigenvalue weighted by molar-refractivity contribution is 5.36. The molecule has 25 heavy (non-hydrogen) atoms. The van der Waals surface area contributed by atoms with Gasteiger partial charge in [0, 0.05) is 0 Å². The number of aryl methyl sites for hydroxylation is 1. The molecule has 1 unspecified atom stereocenters. The van der Waals surface area contributed by atoms with Crippen molar-refractivity contribution in [3.63, 3.8) is 0 Å². The van der Waals surface area contributed by atoms with Crippen molar-refractivity contribution >= 4 is 0 Å². The average molecular weight is 334 g/mol. The van der Waals surface area contributed by atoms with Crippen LogP contribution in [0, 0.1) is 6.92 Å². The Balaban J connectivity index is 1.63. The van der Waals surface area contributed by atoms with Crippen LogP contribution in [-0.2, 0) is 6.61 Å². The molecule has 0 heterocycles. The Morgan fingerprint density at radius 2 is 1.28 bits per heavy atom. The summed E-state index contributed by atoms with van der Waals surface area (Å²) in [5, 5.41) is 10.5. The summed E-state index contributed by atoms with van der Waals surface area (Å²) < 4.78 is 10.9. The zero-order chi connectivity index (χ0) is 17.6. The first-order valence-corrected chi connectivity index (χ1v) is 8.26. The van der Waals surface area contributed by atoms with Gasteiger partial charge in [-0.25, -0.2) is 0 Å². The van der Waals surface area contributed by atoms with Crippen LogP contribution in [-0.4, -0.2) is 12.2 Å². The van der Waals surface area contributed by atoms with Crippen molar-refractivity contribution in [2.75, 3.05) is 7.11 Å². The lowest BCUT2D eigenvalue weighted by Crippen LogP contribution is -2.00. The fourth-order valence-corrected chi connectivity index (χ4v) is 2.58. The normalized spacial score (nSPS) is 11.8. The molecule has 0 aromatic heterocycles. The van der Waals surface area contributed by atoms with Crippen LogP contribution >= 0.6 is 0 Å². The topological polar surface area (TPSA) is 38.7 Å². The SMILES string of the molecule is COc1ccc(C(O)c2ccc(OCc3ccc(C)cc3)cc2)cc1. The third kappa shape index (κ3) is 4.40. The standard InChI is InChI=1S/C22H22O3/c1-16-3-5-17(6-4-16)15-25-21-13-9-19(10-14-21)22(23)18-7-11-20(24-2)12-8-18/h3-14,22-23H,15H2,1-2H3. The van der Waals surface area contributed by atoms with Gasteiger partial charge in [0.2, 0.25) is 0 Å². The second-order valence-corrected chi connectivity index (χ2v) is 6.02. The molecular formula is C22H22O3. The van der Waals surface area contributed by atoms with E-state index in [4.69, 9.17) is 9.47 Å². The van der Waals surface area contributed by atoms with Gasteiger partial charge in [0.15, 0.2) is 0 Å². The summed E-state index contributed by atoms with van der Waals surface area (Å²) in [4.78, 5) is 0. The molecule has 3 nitrogen and oxygen atoms in total.